The van der Waals surface area contributed by atoms with Crippen molar-refractivity contribution in [2.45, 2.75) is 6.92 Å². The van der Waals surface area contributed by atoms with Crippen molar-refractivity contribution in [2.24, 2.45) is 5.10 Å². The van der Waals surface area contributed by atoms with Gasteiger partial charge in [0.1, 0.15) is 5.75 Å². The summed E-state index contributed by atoms with van der Waals surface area (Å²) < 4.78 is 0. The molecule has 0 aliphatic rings. The van der Waals surface area contributed by atoms with Crippen molar-refractivity contribution in [3.63, 3.8) is 0 Å². The fourth-order valence-electron chi connectivity index (χ4n) is 1.68. The highest BCUT2D eigenvalue weighted by molar-refractivity contribution is 6.39. The van der Waals surface area contributed by atoms with Gasteiger partial charge in [-0.2, -0.15) is 5.10 Å². The highest BCUT2D eigenvalue weighted by Gasteiger charge is 2.13. The van der Waals surface area contributed by atoms with Gasteiger partial charge in [-0.05, 0) is 42.3 Å². The van der Waals surface area contributed by atoms with Crippen LogP contribution in [0.3, 0.4) is 0 Å². The van der Waals surface area contributed by atoms with E-state index in [1.807, 2.05) is 6.92 Å². The Labute approximate surface area is 137 Å². The van der Waals surface area contributed by atoms with Gasteiger partial charge in [0.15, 0.2) is 0 Å². The maximum Gasteiger partial charge on any atom is 0.329 e. The molecular weight excluding hydrogens is 318 g/mol. The maximum absolute atomic E-state index is 11.7. The zero-order valence-electron chi connectivity index (χ0n) is 12.2. The minimum Gasteiger partial charge on any atom is -0.508 e. The smallest absolute Gasteiger partial charge is 0.329 e. The molecule has 6 nitrogen and oxygen atoms in total. The molecule has 0 heterocycles. The third-order valence-corrected chi connectivity index (χ3v) is 3.29. The first-order chi connectivity index (χ1) is 11.0. The van der Waals surface area contributed by atoms with Crippen molar-refractivity contribution >= 4 is 35.3 Å². The fraction of sp³-hybridized carbons (Fsp3) is 0.0625. The number of hydrazone groups is 1. The highest BCUT2D eigenvalue weighted by atomic mass is 35.5. The molecule has 2 rings (SSSR count). The Hall–Kier alpha value is -2.86. The second-order valence-electron chi connectivity index (χ2n) is 4.71. The second-order valence-corrected chi connectivity index (χ2v) is 5.12. The van der Waals surface area contributed by atoms with Gasteiger partial charge in [-0.1, -0.05) is 29.8 Å². The number of halogens is 1. The molecule has 0 radical (unpaired) electrons. The zero-order valence-corrected chi connectivity index (χ0v) is 13.0. The average molecular weight is 332 g/mol. The molecule has 0 spiro atoms. The van der Waals surface area contributed by atoms with Crippen molar-refractivity contribution < 1.29 is 14.7 Å². The number of hydrogen-bond acceptors (Lipinski definition) is 4. The summed E-state index contributed by atoms with van der Waals surface area (Å²) in [5, 5.41) is 15.9. The summed E-state index contributed by atoms with van der Waals surface area (Å²) in [7, 11) is 0. The van der Waals surface area contributed by atoms with E-state index in [1.165, 1.54) is 18.3 Å². The Morgan fingerprint density at radius 2 is 1.96 bits per heavy atom. The number of amides is 2. The first kappa shape index (κ1) is 16.5. The van der Waals surface area contributed by atoms with Gasteiger partial charge in [0, 0.05) is 10.7 Å². The lowest BCUT2D eigenvalue weighted by molar-refractivity contribution is -0.136. The van der Waals surface area contributed by atoms with E-state index >= 15 is 0 Å². The van der Waals surface area contributed by atoms with Crippen LogP contribution in [0, 0.1) is 6.92 Å². The lowest BCUT2D eigenvalue weighted by Crippen LogP contribution is -2.32. The topological polar surface area (TPSA) is 90.8 Å². The van der Waals surface area contributed by atoms with Gasteiger partial charge in [-0.15, -0.1) is 0 Å². The Kier molecular flexibility index (Phi) is 5.32. The summed E-state index contributed by atoms with van der Waals surface area (Å²) >= 11 is 5.95. The number of benzene rings is 2. The Bertz CT molecular complexity index is 775. The lowest BCUT2D eigenvalue weighted by atomic mass is 10.2. The van der Waals surface area contributed by atoms with E-state index in [2.05, 4.69) is 15.8 Å². The summed E-state index contributed by atoms with van der Waals surface area (Å²) in [6.45, 7) is 1.83. The molecule has 0 aliphatic carbocycles. The van der Waals surface area contributed by atoms with E-state index in [9.17, 15) is 14.7 Å². The number of anilines is 1. The van der Waals surface area contributed by atoms with Crippen LogP contribution in [0.5, 0.6) is 5.75 Å². The molecule has 0 saturated carbocycles. The molecule has 0 bridgehead atoms. The van der Waals surface area contributed by atoms with Crippen molar-refractivity contribution in [2.75, 3.05) is 5.32 Å². The van der Waals surface area contributed by atoms with Gasteiger partial charge in [-0.3, -0.25) is 9.59 Å². The summed E-state index contributed by atoms with van der Waals surface area (Å²) in [6, 6.07) is 11.2. The fourth-order valence-corrected chi connectivity index (χ4v) is 1.86. The maximum atomic E-state index is 11.7. The van der Waals surface area contributed by atoms with Crippen LogP contribution in [0.2, 0.25) is 5.02 Å². The van der Waals surface area contributed by atoms with Crippen LogP contribution in [0.1, 0.15) is 11.1 Å². The standard InChI is InChI=1S/C16H14ClN3O3/c1-10-5-6-12(8-14(10)17)19-15(22)16(23)20-18-9-11-3-2-4-13(21)7-11/h2-9,21H,1H3,(H,19,22)(H,20,23)/b18-9-. The number of aryl methyl sites for hydroxylation is 1. The number of rotatable bonds is 3. The van der Waals surface area contributed by atoms with Gasteiger partial charge >= 0.3 is 11.8 Å². The van der Waals surface area contributed by atoms with Crippen LogP contribution in [-0.2, 0) is 9.59 Å². The van der Waals surface area contributed by atoms with Gasteiger partial charge in [-0.25, -0.2) is 5.43 Å². The predicted octanol–water partition coefficient (Wildman–Crippen LogP) is 2.44. The molecule has 0 fully saturated rings. The summed E-state index contributed by atoms with van der Waals surface area (Å²) in [4.78, 5) is 23.4. The number of phenolic OH excluding ortho intramolecular Hbond substituents is 1. The van der Waals surface area contributed by atoms with Gasteiger partial charge in [0.05, 0.1) is 6.21 Å². The quantitative estimate of drug-likeness (QED) is 0.458. The summed E-state index contributed by atoms with van der Waals surface area (Å²) in [5.41, 5.74) is 3.96. The van der Waals surface area contributed by atoms with Crippen LogP contribution in [-0.4, -0.2) is 23.1 Å². The number of carbonyl (C=O) groups excluding carboxylic acids is 2. The van der Waals surface area contributed by atoms with Crippen molar-refractivity contribution in [1.29, 1.82) is 0 Å². The number of aromatic hydroxyl groups is 1. The van der Waals surface area contributed by atoms with Gasteiger partial charge in [0.2, 0.25) is 0 Å². The zero-order chi connectivity index (χ0) is 16.8. The number of carbonyl (C=O) groups is 2. The molecule has 7 heteroatoms. The highest BCUT2D eigenvalue weighted by Crippen LogP contribution is 2.19. The predicted molar refractivity (Wildman–Crippen MR) is 88.7 cm³/mol. The van der Waals surface area contributed by atoms with E-state index in [0.717, 1.165) is 5.56 Å². The molecule has 2 amide bonds. The minimum absolute atomic E-state index is 0.0780. The normalized spacial score (nSPS) is 10.5. The van der Waals surface area contributed by atoms with E-state index in [4.69, 9.17) is 11.6 Å². The van der Waals surface area contributed by atoms with Crippen molar-refractivity contribution in [1.82, 2.24) is 5.43 Å². The summed E-state index contributed by atoms with van der Waals surface area (Å²) in [6.07, 6.45) is 1.31. The molecule has 118 valence electrons. The average Bonchev–Trinajstić information content (AvgIpc) is 2.51. The number of nitrogens with one attached hydrogen (secondary N) is 2. The first-order valence-corrected chi connectivity index (χ1v) is 7.03. The largest absolute Gasteiger partial charge is 0.508 e. The number of hydrogen-bond donors (Lipinski definition) is 3. The van der Waals surface area contributed by atoms with Gasteiger partial charge in [0.25, 0.3) is 0 Å². The Morgan fingerprint density at radius 1 is 1.17 bits per heavy atom. The van der Waals surface area contributed by atoms with E-state index in [0.29, 0.717) is 16.3 Å². The molecule has 0 unspecified atom stereocenters. The first-order valence-electron chi connectivity index (χ1n) is 6.65. The molecule has 0 aromatic heterocycles. The third kappa shape index (κ3) is 4.82. The SMILES string of the molecule is Cc1ccc(NC(=O)C(=O)N/N=C\c2cccc(O)c2)cc1Cl. The van der Waals surface area contributed by atoms with Crippen LogP contribution < -0.4 is 10.7 Å². The van der Waals surface area contributed by atoms with Crippen molar-refractivity contribution in [3.05, 3.63) is 58.6 Å². The lowest BCUT2D eigenvalue weighted by Gasteiger charge is -2.05. The number of nitrogens with zero attached hydrogens (tertiary/aromatic N) is 1. The van der Waals surface area contributed by atoms with E-state index < -0.39 is 11.8 Å². The Balaban J connectivity index is 1.92. The van der Waals surface area contributed by atoms with Gasteiger partial charge < -0.3 is 10.4 Å². The minimum atomic E-state index is -0.918. The molecule has 3 N–H and O–H groups in total. The molecule has 23 heavy (non-hydrogen) atoms. The molecule has 2 aromatic rings. The molecule has 0 saturated heterocycles. The Morgan fingerprint density at radius 3 is 2.65 bits per heavy atom. The molecule has 0 atom stereocenters. The monoisotopic (exact) mass is 331 g/mol. The molecule has 0 aliphatic heterocycles. The van der Waals surface area contributed by atoms with Crippen molar-refractivity contribution in [3.8, 4) is 5.75 Å². The van der Waals surface area contributed by atoms with E-state index in [1.54, 1.807) is 30.3 Å². The molecular formula is C16H14ClN3O3. The van der Waals surface area contributed by atoms with Crippen LogP contribution >= 0.6 is 11.6 Å². The third-order valence-electron chi connectivity index (χ3n) is 2.89. The van der Waals surface area contributed by atoms with Crippen LogP contribution in [0.25, 0.3) is 0 Å². The van der Waals surface area contributed by atoms with Crippen LogP contribution in [0.15, 0.2) is 47.6 Å². The molecule has 2 aromatic carbocycles. The second kappa shape index (κ2) is 7.42. The summed E-state index contributed by atoms with van der Waals surface area (Å²) in [5.74, 6) is -1.70. The van der Waals surface area contributed by atoms with Crippen LogP contribution in [0.4, 0.5) is 5.69 Å². The van der Waals surface area contributed by atoms with E-state index in [-0.39, 0.29) is 5.75 Å². The number of phenols is 1.